The maximum Gasteiger partial charge on any atom is 0.305 e. The van der Waals surface area contributed by atoms with Crippen molar-refractivity contribution in [3.8, 4) is 0 Å². The van der Waals surface area contributed by atoms with Gasteiger partial charge in [0.2, 0.25) is 0 Å². The number of carbonyl (C=O) groups excluding carboxylic acids is 1. The summed E-state index contributed by atoms with van der Waals surface area (Å²) in [5, 5.41) is 8.21. The fourth-order valence-electron chi connectivity index (χ4n) is 0.436. The van der Waals surface area contributed by atoms with Crippen LogP contribution < -0.4 is 0 Å². The van der Waals surface area contributed by atoms with Crippen molar-refractivity contribution in [3.05, 3.63) is 0 Å². The summed E-state index contributed by atoms with van der Waals surface area (Å²) < 4.78 is 4.54. The van der Waals surface area contributed by atoms with Crippen LogP contribution in [0.15, 0.2) is 0 Å². The van der Waals surface area contributed by atoms with Crippen LogP contribution >= 0.6 is 0 Å². The SMILES string of the molecule is C.CCCC(=O)OCCO. The highest BCUT2D eigenvalue weighted by atomic mass is 16.5. The van der Waals surface area contributed by atoms with Crippen LogP contribution in [-0.4, -0.2) is 24.3 Å². The van der Waals surface area contributed by atoms with Crippen LogP contribution in [-0.2, 0) is 9.53 Å². The zero-order chi connectivity index (χ0) is 7.11. The normalized spacial score (nSPS) is 8.20. The molecule has 0 unspecified atom stereocenters. The van der Waals surface area contributed by atoms with Crippen molar-refractivity contribution in [2.24, 2.45) is 0 Å². The van der Waals surface area contributed by atoms with Gasteiger partial charge >= 0.3 is 5.97 Å². The first kappa shape index (κ1) is 12.1. The molecule has 0 amide bonds. The number of hydrogen-bond donors (Lipinski definition) is 1. The van der Waals surface area contributed by atoms with Gasteiger partial charge in [-0.25, -0.2) is 0 Å². The minimum atomic E-state index is -0.230. The van der Waals surface area contributed by atoms with E-state index in [0.717, 1.165) is 6.42 Å². The second-order valence-corrected chi connectivity index (χ2v) is 1.69. The fourth-order valence-corrected chi connectivity index (χ4v) is 0.436. The van der Waals surface area contributed by atoms with Crippen molar-refractivity contribution >= 4 is 5.97 Å². The number of hydrogen-bond acceptors (Lipinski definition) is 3. The Hall–Kier alpha value is -0.570. The summed E-state index contributed by atoms with van der Waals surface area (Å²) in [6.45, 7) is 1.94. The Morgan fingerprint density at radius 3 is 2.60 bits per heavy atom. The molecule has 0 saturated heterocycles. The van der Waals surface area contributed by atoms with Gasteiger partial charge in [-0.15, -0.1) is 0 Å². The summed E-state index contributed by atoms with van der Waals surface area (Å²) in [6.07, 6.45) is 1.24. The summed E-state index contributed by atoms with van der Waals surface area (Å²) in [5.74, 6) is -0.230. The molecule has 62 valence electrons. The Balaban J connectivity index is 0. The fraction of sp³-hybridized carbons (Fsp3) is 0.857. The van der Waals surface area contributed by atoms with Gasteiger partial charge in [0.1, 0.15) is 6.61 Å². The molecule has 0 spiro atoms. The molecule has 0 heterocycles. The van der Waals surface area contributed by atoms with Crippen LogP contribution in [0, 0.1) is 0 Å². The lowest BCUT2D eigenvalue weighted by molar-refractivity contribution is -0.144. The molecule has 0 saturated carbocycles. The van der Waals surface area contributed by atoms with Crippen LogP contribution in [0.25, 0.3) is 0 Å². The second kappa shape index (κ2) is 8.43. The number of rotatable bonds is 4. The van der Waals surface area contributed by atoms with Gasteiger partial charge in [-0.05, 0) is 6.42 Å². The molecule has 0 radical (unpaired) electrons. The molecule has 10 heavy (non-hydrogen) atoms. The van der Waals surface area contributed by atoms with Crippen LogP contribution in [0.3, 0.4) is 0 Å². The summed E-state index contributed by atoms with van der Waals surface area (Å²) in [5.41, 5.74) is 0. The molecule has 0 aromatic heterocycles. The van der Waals surface area contributed by atoms with Crippen LogP contribution in [0.4, 0.5) is 0 Å². The van der Waals surface area contributed by atoms with Crippen LogP contribution in [0.2, 0.25) is 0 Å². The molecular weight excluding hydrogens is 132 g/mol. The Morgan fingerprint density at radius 1 is 1.60 bits per heavy atom. The average molecular weight is 148 g/mol. The highest BCUT2D eigenvalue weighted by Crippen LogP contribution is 1.89. The third-order valence-corrected chi connectivity index (χ3v) is 0.808. The predicted octanol–water partition coefficient (Wildman–Crippen LogP) is 0.958. The van der Waals surface area contributed by atoms with Crippen molar-refractivity contribution in [2.75, 3.05) is 13.2 Å². The molecule has 1 N–H and O–H groups in total. The van der Waals surface area contributed by atoms with Gasteiger partial charge < -0.3 is 9.84 Å². The van der Waals surface area contributed by atoms with E-state index in [1.165, 1.54) is 0 Å². The minimum Gasteiger partial charge on any atom is -0.463 e. The molecule has 0 aliphatic heterocycles. The van der Waals surface area contributed by atoms with Crippen molar-refractivity contribution in [3.63, 3.8) is 0 Å². The average Bonchev–Trinajstić information content (AvgIpc) is 1.85. The van der Waals surface area contributed by atoms with Crippen molar-refractivity contribution in [1.82, 2.24) is 0 Å². The molecule has 0 bridgehead atoms. The van der Waals surface area contributed by atoms with E-state index in [0.29, 0.717) is 6.42 Å². The minimum absolute atomic E-state index is 0. The number of carbonyl (C=O) groups is 1. The van der Waals surface area contributed by atoms with Crippen molar-refractivity contribution in [1.29, 1.82) is 0 Å². The molecule has 3 nitrogen and oxygen atoms in total. The first-order valence-corrected chi connectivity index (χ1v) is 3.07. The smallest absolute Gasteiger partial charge is 0.305 e. The van der Waals surface area contributed by atoms with Gasteiger partial charge in [0.05, 0.1) is 6.61 Å². The Bertz CT molecular complexity index is 80.9. The monoisotopic (exact) mass is 148 g/mol. The first-order valence-electron chi connectivity index (χ1n) is 3.07. The van der Waals surface area contributed by atoms with Crippen molar-refractivity contribution in [2.45, 2.75) is 27.2 Å². The van der Waals surface area contributed by atoms with Gasteiger partial charge in [0.15, 0.2) is 0 Å². The molecule has 0 rings (SSSR count). The van der Waals surface area contributed by atoms with E-state index in [2.05, 4.69) is 4.74 Å². The lowest BCUT2D eigenvalue weighted by Crippen LogP contribution is -2.07. The van der Waals surface area contributed by atoms with Gasteiger partial charge in [-0.2, -0.15) is 0 Å². The van der Waals surface area contributed by atoms with Crippen LogP contribution in [0.1, 0.15) is 27.2 Å². The van der Waals surface area contributed by atoms with Gasteiger partial charge in [0.25, 0.3) is 0 Å². The third kappa shape index (κ3) is 7.43. The summed E-state index contributed by atoms with van der Waals surface area (Å²) in [6, 6.07) is 0. The molecule has 3 heteroatoms. The molecule has 0 aliphatic carbocycles. The largest absolute Gasteiger partial charge is 0.463 e. The van der Waals surface area contributed by atoms with Gasteiger partial charge in [-0.1, -0.05) is 14.4 Å². The Kier molecular flexibility index (Phi) is 10.2. The summed E-state index contributed by atoms with van der Waals surface area (Å²) >= 11 is 0. The van der Waals surface area contributed by atoms with E-state index in [9.17, 15) is 4.79 Å². The van der Waals surface area contributed by atoms with E-state index in [4.69, 9.17) is 5.11 Å². The molecular formula is C7H16O3. The van der Waals surface area contributed by atoms with E-state index >= 15 is 0 Å². The topological polar surface area (TPSA) is 46.5 Å². The zero-order valence-electron chi connectivity index (χ0n) is 5.59. The standard InChI is InChI=1S/C6H12O3.CH4/c1-2-3-6(8)9-5-4-7;/h7H,2-5H2,1H3;1H4. The van der Waals surface area contributed by atoms with E-state index in [-0.39, 0.29) is 26.6 Å². The first-order chi connectivity index (χ1) is 4.31. The number of esters is 1. The highest BCUT2D eigenvalue weighted by molar-refractivity contribution is 5.69. The highest BCUT2D eigenvalue weighted by Gasteiger charge is 1.97. The maximum atomic E-state index is 10.5. The Morgan fingerprint density at radius 2 is 2.20 bits per heavy atom. The van der Waals surface area contributed by atoms with Gasteiger partial charge in [0, 0.05) is 6.42 Å². The lowest BCUT2D eigenvalue weighted by atomic mass is 10.3. The molecule has 0 aromatic carbocycles. The summed E-state index contributed by atoms with van der Waals surface area (Å²) in [4.78, 5) is 10.5. The third-order valence-electron chi connectivity index (χ3n) is 0.808. The molecule has 0 fully saturated rings. The number of ether oxygens (including phenoxy) is 1. The van der Waals surface area contributed by atoms with Crippen LogP contribution in [0.5, 0.6) is 0 Å². The lowest BCUT2D eigenvalue weighted by Gasteiger charge is -1.98. The quantitative estimate of drug-likeness (QED) is 0.604. The van der Waals surface area contributed by atoms with Gasteiger partial charge in [-0.3, -0.25) is 4.79 Å². The van der Waals surface area contributed by atoms with E-state index in [1.54, 1.807) is 0 Å². The zero-order valence-corrected chi connectivity index (χ0v) is 5.59. The van der Waals surface area contributed by atoms with Crippen molar-refractivity contribution < 1.29 is 14.6 Å². The maximum absolute atomic E-state index is 10.5. The molecule has 0 aliphatic rings. The van der Waals surface area contributed by atoms with E-state index in [1.807, 2.05) is 6.92 Å². The number of aliphatic hydroxyl groups excluding tert-OH is 1. The number of aliphatic hydroxyl groups is 1. The van der Waals surface area contributed by atoms with E-state index < -0.39 is 0 Å². The molecule has 0 atom stereocenters. The summed E-state index contributed by atoms with van der Waals surface area (Å²) in [7, 11) is 0. The molecule has 0 aromatic rings. The second-order valence-electron chi connectivity index (χ2n) is 1.69. The predicted molar refractivity (Wildman–Crippen MR) is 39.7 cm³/mol. The Labute approximate surface area is 62.0 Å².